The number of hydrogen-bond donors (Lipinski definition) is 1. The number of anilines is 1. The summed E-state index contributed by atoms with van der Waals surface area (Å²) in [6.07, 6.45) is -0.259. The highest BCUT2D eigenvalue weighted by Gasteiger charge is 2.28. The van der Waals surface area contributed by atoms with Crippen molar-refractivity contribution in [2.45, 2.75) is 6.17 Å². The van der Waals surface area contributed by atoms with Crippen LogP contribution >= 0.6 is 0 Å². The van der Waals surface area contributed by atoms with Crippen LogP contribution in [-0.4, -0.2) is 13.0 Å². The van der Waals surface area contributed by atoms with Crippen molar-refractivity contribution in [3.05, 3.63) is 65.2 Å². The van der Waals surface area contributed by atoms with E-state index in [1.54, 1.807) is 12.1 Å². The van der Waals surface area contributed by atoms with Crippen LogP contribution in [0.2, 0.25) is 0 Å². The van der Waals surface area contributed by atoms with Gasteiger partial charge in [-0.25, -0.2) is 0 Å². The number of para-hydroxylation sites is 1. The first-order valence-electron chi connectivity index (χ1n) is 6.33. The van der Waals surface area contributed by atoms with E-state index < -0.39 is 0 Å². The molecule has 20 heavy (non-hydrogen) atoms. The molecule has 4 heteroatoms. The molecular formula is C16H13N3O. The molecule has 0 aromatic heterocycles. The van der Waals surface area contributed by atoms with Crippen molar-refractivity contribution in [2.75, 3.05) is 11.9 Å². The Bertz CT molecular complexity index is 718. The van der Waals surface area contributed by atoms with E-state index in [-0.39, 0.29) is 12.1 Å². The molecule has 3 rings (SSSR count). The first kappa shape index (κ1) is 12.2. The summed E-state index contributed by atoms with van der Waals surface area (Å²) in [6, 6.07) is 16.9. The van der Waals surface area contributed by atoms with Crippen molar-refractivity contribution in [3.63, 3.8) is 0 Å². The Morgan fingerprint density at radius 3 is 2.80 bits per heavy atom. The minimum atomic E-state index is -0.259. The van der Waals surface area contributed by atoms with Crippen molar-refractivity contribution in [1.29, 1.82) is 5.26 Å². The van der Waals surface area contributed by atoms with Crippen LogP contribution in [-0.2, 0) is 0 Å². The lowest BCUT2D eigenvalue weighted by atomic mass is 10.0. The van der Waals surface area contributed by atoms with Gasteiger partial charge in [-0.05, 0) is 29.8 Å². The second kappa shape index (κ2) is 4.71. The molecule has 0 aliphatic carbocycles. The molecule has 0 fully saturated rings. The second-order valence-corrected chi connectivity index (χ2v) is 4.74. The highest BCUT2D eigenvalue weighted by atomic mass is 16.2. The van der Waals surface area contributed by atoms with E-state index in [0.717, 1.165) is 11.3 Å². The number of hydrogen-bond acceptors (Lipinski definition) is 3. The summed E-state index contributed by atoms with van der Waals surface area (Å²) < 4.78 is 0. The number of benzene rings is 2. The highest BCUT2D eigenvalue weighted by molar-refractivity contribution is 6.01. The van der Waals surface area contributed by atoms with Gasteiger partial charge < -0.3 is 10.2 Å². The van der Waals surface area contributed by atoms with Crippen LogP contribution in [0.3, 0.4) is 0 Å². The van der Waals surface area contributed by atoms with Crippen molar-refractivity contribution >= 4 is 11.6 Å². The van der Waals surface area contributed by atoms with Gasteiger partial charge in [0.05, 0.1) is 22.9 Å². The summed E-state index contributed by atoms with van der Waals surface area (Å²) >= 11 is 0. The van der Waals surface area contributed by atoms with E-state index in [9.17, 15) is 4.79 Å². The Morgan fingerprint density at radius 1 is 1.20 bits per heavy atom. The monoisotopic (exact) mass is 263 g/mol. The largest absolute Gasteiger partial charge is 0.350 e. The second-order valence-electron chi connectivity index (χ2n) is 4.74. The van der Waals surface area contributed by atoms with Gasteiger partial charge >= 0.3 is 0 Å². The Labute approximate surface area is 117 Å². The molecule has 0 saturated carbocycles. The zero-order valence-electron chi connectivity index (χ0n) is 11.0. The molecule has 1 N–H and O–H groups in total. The van der Waals surface area contributed by atoms with Gasteiger partial charge in [0, 0.05) is 7.05 Å². The maximum atomic E-state index is 12.2. The van der Waals surface area contributed by atoms with Gasteiger partial charge in [-0.3, -0.25) is 4.79 Å². The third-order valence-corrected chi connectivity index (χ3v) is 3.52. The molecule has 2 aromatic carbocycles. The summed E-state index contributed by atoms with van der Waals surface area (Å²) in [5.41, 5.74) is 3.05. The average molecular weight is 263 g/mol. The number of nitrogens with zero attached hydrogens (tertiary/aromatic N) is 2. The number of carbonyl (C=O) groups is 1. The molecule has 1 heterocycles. The molecule has 1 aliphatic heterocycles. The van der Waals surface area contributed by atoms with E-state index in [2.05, 4.69) is 11.4 Å². The highest BCUT2D eigenvalue weighted by Crippen LogP contribution is 2.31. The number of carbonyl (C=O) groups excluding carboxylic acids is 1. The van der Waals surface area contributed by atoms with E-state index in [1.807, 2.05) is 48.3 Å². The third-order valence-electron chi connectivity index (χ3n) is 3.52. The number of nitrogens with one attached hydrogen (secondary N) is 1. The standard InChI is InChI=1S/C16H13N3O/c1-19-14-8-3-2-7-13(14)16(20)18-15(19)12-6-4-5-11(9-12)10-17/h2-9,15H,1H3,(H,18,20). The number of amides is 1. The molecule has 1 atom stereocenters. The van der Waals surface area contributed by atoms with Gasteiger partial charge in [0.1, 0.15) is 6.17 Å². The third kappa shape index (κ3) is 1.90. The number of fused-ring (bicyclic) bond motifs is 1. The van der Waals surface area contributed by atoms with E-state index in [1.165, 1.54) is 0 Å². The molecule has 2 aromatic rings. The number of nitriles is 1. The summed E-state index contributed by atoms with van der Waals surface area (Å²) in [6.45, 7) is 0. The van der Waals surface area contributed by atoms with Gasteiger partial charge in [-0.2, -0.15) is 5.26 Å². The van der Waals surface area contributed by atoms with Crippen LogP contribution < -0.4 is 10.2 Å². The normalized spacial score (nSPS) is 17.1. The first-order valence-corrected chi connectivity index (χ1v) is 6.33. The molecule has 1 amide bonds. The fraction of sp³-hybridized carbons (Fsp3) is 0.125. The molecule has 0 radical (unpaired) electrons. The van der Waals surface area contributed by atoms with Gasteiger partial charge in [-0.15, -0.1) is 0 Å². The van der Waals surface area contributed by atoms with Crippen molar-refractivity contribution < 1.29 is 4.79 Å². The molecule has 1 aliphatic rings. The Hall–Kier alpha value is -2.80. The van der Waals surface area contributed by atoms with E-state index >= 15 is 0 Å². The summed E-state index contributed by atoms with van der Waals surface area (Å²) in [5.74, 6) is -0.0916. The van der Waals surface area contributed by atoms with E-state index in [4.69, 9.17) is 5.26 Å². The minimum Gasteiger partial charge on any atom is -0.350 e. The first-order chi connectivity index (χ1) is 9.70. The molecule has 0 spiro atoms. The molecule has 4 nitrogen and oxygen atoms in total. The molecule has 0 saturated heterocycles. The number of rotatable bonds is 1. The average Bonchev–Trinajstić information content (AvgIpc) is 2.51. The topological polar surface area (TPSA) is 56.1 Å². The fourth-order valence-corrected chi connectivity index (χ4v) is 2.50. The van der Waals surface area contributed by atoms with Gasteiger partial charge in [0.15, 0.2) is 0 Å². The van der Waals surface area contributed by atoms with Crippen molar-refractivity contribution in [3.8, 4) is 6.07 Å². The quantitative estimate of drug-likeness (QED) is 0.859. The molecule has 98 valence electrons. The van der Waals surface area contributed by atoms with Crippen LogP contribution in [0.25, 0.3) is 0 Å². The lowest BCUT2D eigenvalue weighted by molar-refractivity contribution is 0.0928. The Balaban J connectivity index is 2.05. The lowest BCUT2D eigenvalue weighted by Gasteiger charge is -2.36. The zero-order valence-corrected chi connectivity index (χ0v) is 11.0. The predicted octanol–water partition coefficient (Wildman–Crippen LogP) is 2.44. The van der Waals surface area contributed by atoms with Crippen LogP contribution in [0.1, 0.15) is 27.7 Å². The smallest absolute Gasteiger partial charge is 0.255 e. The van der Waals surface area contributed by atoms with Crippen molar-refractivity contribution in [1.82, 2.24) is 5.32 Å². The maximum Gasteiger partial charge on any atom is 0.255 e. The van der Waals surface area contributed by atoms with Crippen LogP contribution in [0.5, 0.6) is 0 Å². The van der Waals surface area contributed by atoms with Crippen LogP contribution in [0.15, 0.2) is 48.5 Å². The van der Waals surface area contributed by atoms with Crippen LogP contribution in [0, 0.1) is 11.3 Å². The predicted molar refractivity (Wildman–Crippen MR) is 76.2 cm³/mol. The summed E-state index contributed by atoms with van der Waals surface area (Å²) in [5, 5.41) is 12.0. The van der Waals surface area contributed by atoms with E-state index in [0.29, 0.717) is 11.1 Å². The molecular weight excluding hydrogens is 250 g/mol. The Kier molecular flexibility index (Phi) is 2.88. The SMILES string of the molecule is CN1c2ccccc2C(=O)NC1c1cccc(C#N)c1. The summed E-state index contributed by atoms with van der Waals surface area (Å²) in [4.78, 5) is 14.2. The van der Waals surface area contributed by atoms with Crippen LogP contribution in [0.4, 0.5) is 5.69 Å². The molecule has 1 unspecified atom stereocenters. The van der Waals surface area contributed by atoms with Gasteiger partial charge in [0.25, 0.3) is 5.91 Å². The maximum absolute atomic E-state index is 12.2. The minimum absolute atomic E-state index is 0.0916. The summed E-state index contributed by atoms with van der Waals surface area (Å²) in [7, 11) is 1.93. The molecule has 0 bridgehead atoms. The van der Waals surface area contributed by atoms with Gasteiger partial charge in [-0.1, -0.05) is 24.3 Å². The fourth-order valence-electron chi connectivity index (χ4n) is 2.50. The lowest BCUT2D eigenvalue weighted by Crippen LogP contribution is -2.44. The zero-order chi connectivity index (χ0) is 14.1. The van der Waals surface area contributed by atoms with Crippen molar-refractivity contribution in [2.24, 2.45) is 0 Å². The Morgan fingerprint density at radius 2 is 2.00 bits per heavy atom. The van der Waals surface area contributed by atoms with Gasteiger partial charge in [0.2, 0.25) is 0 Å².